The van der Waals surface area contributed by atoms with Crippen LogP contribution in [-0.2, 0) is 5.75 Å². The van der Waals surface area contributed by atoms with Crippen molar-refractivity contribution in [2.24, 2.45) is 5.10 Å². The molecule has 1 aliphatic rings. The zero-order valence-electron chi connectivity index (χ0n) is 6.97. The van der Waals surface area contributed by atoms with E-state index in [0.717, 1.165) is 5.75 Å². The van der Waals surface area contributed by atoms with Crippen LogP contribution in [0.15, 0.2) is 35.4 Å². The Morgan fingerprint density at radius 2 is 2.15 bits per heavy atom. The molecule has 0 unspecified atom stereocenters. The van der Waals surface area contributed by atoms with Crippen LogP contribution in [0, 0.1) is 0 Å². The van der Waals surface area contributed by atoms with Crippen LogP contribution in [0.2, 0.25) is 0 Å². The van der Waals surface area contributed by atoms with E-state index in [-0.39, 0.29) is 0 Å². The van der Waals surface area contributed by atoms with Gasteiger partial charge in [-0.3, -0.25) is 5.43 Å². The molecule has 2 rings (SSSR count). The van der Waals surface area contributed by atoms with E-state index >= 15 is 0 Å². The van der Waals surface area contributed by atoms with Crippen LogP contribution >= 0.6 is 11.9 Å². The second-order valence-electron chi connectivity index (χ2n) is 2.54. The molecule has 0 saturated heterocycles. The molecule has 0 fully saturated rings. The van der Waals surface area contributed by atoms with Gasteiger partial charge in [-0.05, 0) is 17.5 Å². The van der Waals surface area contributed by atoms with Crippen molar-refractivity contribution in [2.75, 3.05) is 0 Å². The minimum Gasteiger partial charge on any atom is -0.279 e. The maximum absolute atomic E-state index is 3.80. The first-order chi connectivity index (χ1) is 6.45. The molecular weight excluding hydrogens is 184 g/mol. The van der Waals surface area contributed by atoms with Gasteiger partial charge in [0.15, 0.2) is 0 Å². The van der Waals surface area contributed by atoms with E-state index in [1.807, 2.05) is 18.2 Å². The summed E-state index contributed by atoms with van der Waals surface area (Å²) in [5.41, 5.74) is 7.00. The van der Waals surface area contributed by atoms with Gasteiger partial charge in [0.2, 0.25) is 0 Å². The van der Waals surface area contributed by atoms with E-state index in [4.69, 9.17) is 0 Å². The molecule has 0 aliphatic carbocycles. The maximum Gasteiger partial charge on any atom is 0.126 e. The van der Waals surface area contributed by atoms with Gasteiger partial charge in [-0.1, -0.05) is 34.9 Å². The smallest absolute Gasteiger partial charge is 0.126 e. The van der Waals surface area contributed by atoms with E-state index < -0.39 is 0 Å². The summed E-state index contributed by atoms with van der Waals surface area (Å²) in [5.74, 6) is 0.921. The first-order valence-corrected chi connectivity index (χ1v) is 4.90. The fourth-order valence-electron chi connectivity index (χ4n) is 0.971. The summed E-state index contributed by atoms with van der Waals surface area (Å²) < 4.78 is 1.76. The molecule has 4 nitrogen and oxygen atoms in total. The number of benzene rings is 1. The molecule has 0 bridgehead atoms. The van der Waals surface area contributed by atoms with Crippen LogP contribution < -0.4 is 11.0 Å². The minimum absolute atomic E-state index is 0.921. The Hall–Kier alpha value is -1.20. The summed E-state index contributed by atoms with van der Waals surface area (Å²) in [4.78, 5) is 0. The fourth-order valence-corrected chi connectivity index (χ4v) is 1.67. The number of hydrazine groups is 2. The molecule has 0 radical (unpaired) electrons. The molecule has 0 spiro atoms. The molecule has 0 aromatic heterocycles. The summed E-state index contributed by atoms with van der Waals surface area (Å²) in [7, 11) is 0. The summed E-state index contributed by atoms with van der Waals surface area (Å²) in [6.45, 7) is 0. The van der Waals surface area contributed by atoms with Gasteiger partial charge in [-0.25, -0.2) is 5.53 Å². The van der Waals surface area contributed by atoms with Crippen molar-refractivity contribution in [1.82, 2.24) is 15.5 Å². The standard InChI is InChI=1S/C8H10N4S/c1-2-4-8(5-3-1)6-13-12-10-7-9-11-12/h1-5,7,11H,6H2,(H,9,10). The third kappa shape index (κ3) is 2.37. The average Bonchev–Trinajstić information content (AvgIpc) is 2.69. The van der Waals surface area contributed by atoms with Crippen molar-refractivity contribution in [1.29, 1.82) is 0 Å². The second-order valence-corrected chi connectivity index (χ2v) is 3.45. The molecule has 1 heterocycles. The number of nitrogens with one attached hydrogen (secondary N) is 2. The van der Waals surface area contributed by atoms with Gasteiger partial charge in [-0.2, -0.15) is 5.10 Å². The third-order valence-electron chi connectivity index (χ3n) is 1.59. The van der Waals surface area contributed by atoms with Gasteiger partial charge in [0.1, 0.15) is 6.34 Å². The van der Waals surface area contributed by atoms with Crippen LogP contribution in [0.25, 0.3) is 0 Å². The van der Waals surface area contributed by atoms with Gasteiger partial charge in [-0.15, -0.1) is 0 Å². The molecule has 13 heavy (non-hydrogen) atoms. The van der Waals surface area contributed by atoms with Crippen LogP contribution in [0.1, 0.15) is 5.56 Å². The highest BCUT2D eigenvalue weighted by Gasteiger charge is 2.05. The lowest BCUT2D eigenvalue weighted by Crippen LogP contribution is -2.32. The van der Waals surface area contributed by atoms with Crippen LogP contribution in [0.3, 0.4) is 0 Å². The molecule has 0 saturated carbocycles. The van der Waals surface area contributed by atoms with Crippen molar-refractivity contribution in [3.63, 3.8) is 0 Å². The summed E-state index contributed by atoms with van der Waals surface area (Å²) in [5, 5.41) is 3.80. The molecule has 1 aromatic rings. The van der Waals surface area contributed by atoms with E-state index in [9.17, 15) is 0 Å². The maximum atomic E-state index is 3.80. The summed E-state index contributed by atoms with van der Waals surface area (Å²) in [6, 6.07) is 10.3. The van der Waals surface area contributed by atoms with Crippen molar-refractivity contribution in [3.8, 4) is 0 Å². The predicted molar refractivity (Wildman–Crippen MR) is 54.3 cm³/mol. The highest BCUT2D eigenvalue weighted by Crippen LogP contribution is 2.13. The number of hydrazone groups is 1. The Morgan fingerprint density at radius 3 is 2.85 bits per heavy atom. The van der Waals surface area contributed by atoms with Crippen LogP contribution in [-0.4, -0.2) is 10.9 Å². The van der Waals surface area contributed by atoms with Crippen LogP contribution in [0.5, 0.6) is 0 Å². The largest absolute Gasteiger partial charge is 0.279 e. The zero-order valence-corrected chi connectivity index (χ0v) is 7.79. The van der Waals surface area contributed by atoms with Gasteiger partial charge in [0.05, 0.1) is 0 Å². The number of hydrogen-bond donors (Lipinski definition) is 2. The third-order valence-corrected chi connectivity index (χ3v) is 2.50. The highest BCUT2D eigenvalue weighted by molar-refractivity contribution is 7.96. The number of rotatable bonds is 3. The Labute approximate surface area is 81.1 Å². The van der Waals surface area contributed by atoms with Gasteiger partial charge in [0, 0.05) is 5.75 Å². The Morgan fingerprint density at radius 1 is 1.31 bits per heavy atom. The van der Waals surface area contributed by atoms with E-state index in [2.05, 4.69) is 28.2 Å². The molecule has 2 N–H and O–H groups in total. The van der Waals surface area contributed by atoms with Gasteiger partial charge < -0.3 is 0 Å². The van der Waals surface area contributed by atoms with Crippen molar-refractivity contribution < 1.29 is 0 Å². The van der Waals surface area contributed by atoms with Crippen molar-refractivity contribution in [2.45, 2.75) is 5.75 Å². The first-order valence-electron chi connectivity index (χ1n) is 3.95. The van der Waals surface area contributed by atoms with Gasteiger partial charge in [0.25, 0.3) is 0 Å². The van der Waals surface area contributed by atoms with E-state index in [1.165, 1.54) is 5.56 Å². The minimum atomic E-state index is 0.921. The molecule has 1 aliphatic heterocycles. The Balaban J connectivity index is 1.80. The van der Waals surface area contributed by atoms with E-state index in [0.29, 0.717) is 0 Å². The zero-order chi connectivity index (χ0) is 8.93. The monoisotopic (exact) mass is 194 g/mol. The quantitative estimate of drug-likeness (QED) is 0.707. The second kappa shape index (κ2) is 4.15. The summed E-state index contributed by atoms with van der Waals surface area (Å²) in [6.07, 6.45) is 1.61. The summed E-state index contributed by atoms with van der Waals surface area (Å²) >= 11 is 1.62. The average molecular weight is 194 g/mol. The number of hydrogen-bond acceptors (Lipinski definition) is 5. The fraction of sp³-hybridized carbons (Fsp3) is 0.125. The van der Waals surface area contributed by atoms with Crippen molar-refractivity contribution >= 4 is 18.3 Å². The van der Waals surface area contributed by atoms with Gasteiger partial charge >= 0.3 is 0 Å². The van der Waals surface area contributed by atoms with E-state index in [1.54, 1.807) is 22.8 Å². The Kier molecular flexibility index (Phi) is 2.68. The Bertz CT molecular complexity index is 279. The van der Waals surface area contributed by atoms with Crippen molar-refractivity contribution in [3.05, 3.63) is 35.9 Å². The molecule has 0 atom stereocenters. The highest BCUT2D eigenvalue weighted by atomic mass is 32.2. The normalized spacial score (nSPS) is 15.4. The molecule has 0 amide bonds. The lowest BCUT2D eigenvalue weighted by Gasteiger charge is -2.12. The van der Waals surface area contributed by atoms with Crippen LogP contribution in [0.4, 0.5) is 0 Å². The molecule has 68 valence electrons. The topological polar surface area (TPSA) is 39.7 Å². The molecule has 5 heteroatoms. The lowest BCUT2D eigenvalue weighted by molar-refractivity contribution is 0.362. The first kappa shape index (κ1) is 8.40. The predicted octanol–water partition coefficient (Wildman–Crippen LogP) is 1.10. The number of nitrogens with zero attached hydrogens (tertiary/aromatic N) is 2. The molecule has 1 aromatic carbocycles. The SMILES string of the molecule is C1=NNN(SCc2ccccc2)N1. The molecular formula is C8H10N4S. The lowest BCUT2D eigenvalue weighted by atomic mass is 10.2.